The van der Waals surface area contributed by atoms with Crippen molar-refractivity contribution in [3.63, 3.8) is 0 Å². The van der Waals surface area contributed by atoms with Gasteiger partial charge in [0.1, 0.15) is 5.75 Å². The topological polar surface area (TPSA) is 61.3 Å². The number of hydrogen-bond donors (Lipinski definition) is 2. The predicted molar refractivity (Wildman–Crippen MR) is 107 cm³/mol. The van der Waals surface area contributed by atoms with Gasteiger partial charge in [-0.2, -0.15) is 13.2 Å². The number of anilines is 1. The van der Waals surface area contributed by atoms with Crippen LogP contribution < -0.4 is 10.2 Å². The highest BCUT2D eigenvalue weighted by molar-refractivity contribution is 5.67. The SMILES string of the molecule is CN(c1ccc(-c2ccc(C(F)(F)F)cc2O)nn1)C1CC(C)(C)NC(C)(C)C1. The maximum Gasteiger partial charge on any atom is 0.416 e. The first-order valence-electron chi connectivity index (χ1n) is 9.54. The van der Waals surface area contributed by atoms with Gasteiger partial charge in [-0.3, -0.25) is 0 Å². The van der Waals surface area contributed by atoms with Crippen molar-refractivity contribution < 1.29 is 18.3 Å². The molecule has 0 atom stereocenters. The summed E-state index contributed by atoms with van der Waals surface area (Å²) in [6.45, 7) is 8.71. The molecule has 0 aliphatic carbocycles. The number of phenolic OH excluding ortho intramolecular Hbond substituents is 1. The summed E-state index contributed by atoms with van der Waals surface area (Å²) >= 11 is 0. The molecule has 158 valence electrons. The Bertz CT molecular complexity index is 862. The molecule has 2 heterocycles. The number of nitrogens with zero attached hydrogens (tertiary/aromatic N) is 3. The van der Waals surface area contributed by atoms with Crippen LogP contribution in [0.25, 0.3) is 11.3 Å². The van der Waals surface area contributed by atoms with Gasteiger partial charge >= 0.3 is 6.18 Å². The molecule has 2 N–H and O–H groups in total. The van der Waals surface area contributed by atoms with Crippen molar-refractivity contribution in [2.75, 3.05) is 11.9 Å². The monoisotopic (exact) mass is 408 g/mol. The van der Waals surface area contributed by atoms with E-state index in [-0.39, 0.29) is 22.7 Å². The summed E-state index contributed by atoms with van der Waals surface area (Å²) in [5.74, 6) is 0.204. The minimum atomic E-state index is -4.51. The van der Waals surface area contributed by atoms with Crippen molar-refractivity contribution in [3.05, 3.63) is 35.9 Å². The molecule has 1 aromatic heterocycles. The van der Waals surface area contributed by atoms with Gasteiger partial charge in [0.2, 0.25) is 0 Å². The molecule has 0 bridgehead atoms. The standard InChI is InChI=1S/C21H27F3N4O/c1-19(2)11-14(12-20(3,4)27-19)28(5)18-9-8-16(25-26-18)15-7-6-13(10-17(15)29)21(22,23)24/h6-10,14,27,29H,11-12H2,1-5H3. The molecule has 1 saturated heterocycles. The Balaban J connectivity index is 1.82. The van der Waals surface area contributed by atoms with Crippen LogP contribution in [-0.2, 0) is 6.18 Å². The first-order chi connectivity index (χ1) is 13.3. The molecule has 29 heavy (non-hydrogen) atoms. The van der Waals surface area contributed by atoms with Crippen LogP contribution in [0, 0.1) is 0 Å². The van der Waals surface area contributed by atoms with Crippen LogP contribution in [0.3, 0.4) is 0 Å². The fourth-order valence-corrected chi connectivity index (χ4v) is 4.31. The highest BCUT2D eigenvalue weighted by atomic mass is 19.4. The highest BCUT2D eigenvalue weighted by Crippen LogP contribution is 2.36. The van der Waals surface area contributed by atoms with E-state index in [1.807, 2.05) is 7.05 Å². The van der Waals surface area contributed by atoms with Crippen molar-refractivity contribution in [3.8, 4) is 17.0 Å². The minimum Gasteiger partial charge on any atom is -0.507 e. The van der Waals surface area contributed by atoms with Crippen molar-refractivity contribution >= 4 is 5.82 Å². The van der Waals surface area contributed by atoms with Crippen LogP contribution in [-0.4, -0.2) is 39.5 Å². The summed E-state index contributed by atoms with van der Waals surface area (Å²) in [4.78, 5) is 2.09. The predicted octanol–water partition coefficient (Wildman–Crippen LogP) is 4.61. The van der Waals surface area contributed by atoms with E-state index in [4.69, 9.17) is 0 Å². The van der Waals surface area contributed by atoms with Gasteiger partial charge in [0.15, 0.2) is 5.82 Å². The summed E-state index contributed by atoms with van der Waals surface area (Å²) in [7, 11) is 1.97. The average molecular weight is 408 g/mol. The Hall–Kier alpha value is -2.35. The average Bonchev–Trinajstić information content (AvgIpc) is 2.58. The van der Waals surface area contributed by atoms with Gasteiger partial charge < -0.3 is 15.3 Å². The van der Waals surface area contributed by atoms with E-state index in [2.05, 4.69) is 48.1 Å². The smallest absolute Gasteiger partial charge is 0.416 e. The van der Waals surface area contributed by atoms with Crippen molar-refractivity contribution in [2.45, 2.75) is 63.8 Å². The van der Waals surface area contributed by atoms with Crippen molar-refractivity contribution in [1.29, 1.82) is 0 Å². The number of halogens is 3. The molecule has 1 aliphatic rings. The lowest BCUT2D eigenvalue weighted by Gasteiger charge is -2.49. The fourth-order valence-electron chi connectivity index (χ4n) is 4.31. The Morgan fingerprint density at radius 3 is 2.14 bits per heavy atom. The molecule has 1 aliphatic heterocycles. The second-order valence-corrected chi connectivity index (χ2v) is 9.07. The Kier molecular flexibility index (Phi) is 5.28. The van der Waals surface area contributed by atoms with Gasteiger partial charge in [0, 0.05) is 29.7 Å². The number of phenols is 1. The molecular formula is C21H27F3N4O. The van der Waals surface area contributed by atoms with Crippen LogP contribution >= 0.6 is 0 Å². The number of rotatable bonds is 3. The van der Waals surface area contributed by atoms with E-state index in [0.29, 0.717) is 17.6 Å². The van der Waals surface area contributed by atoms with Crippen LogP contribution in [0.1, 0.15) is 46.1 Å². The maximum atomic E-state index is 12.8. The minimum absolute atomic E-state index is 0.0138. The summed E-state index contributed by atoms with van der Waals surface area (Å²) in [5.41, 5.74) is -0.400. The first kappa shape index (κ1) is 21.4. The molecule has 3 rings (SSSR count). The van der Waals surface area contributed by atoms with Crippen LogP contribution in [0.2, 0.25) is 0 Å². The zero-order valence-electron chi connectivity index (χ0n) is 17.3. The van der Waals surface area contributed by atoms with E-state index in [9.17, 15) is 18.3 Å². The van der Waals surface area contributed by atoms with Gasteiger partial charge in [-0.15, -0.1) is 10.2 Å². The van der Waals surface area contributed by atoms with Crippen molar-refractivity contribution in [1.82, 2.24) is 15.5 Å². The molecule has 2 aromatic rings. The molecule has 0 amide bonds. The van der Waals surface area contributed by atoms with Gasteiger partial charge in [-0.05, 0) is 70.9 Å². The molecule has 5 nitrogen and oxygen atoms in total. The number of benzene rings is 1. The van der Waals surface area contributed by atoms with Gasteiger partial charge in [0.25, 0.3) is 0 Å². The lowest BCUT2D eigenvalue weighted by atomic mass is 9.79. The number of aromatic nitrogens is 2. The molecule has 0 spiro atoms. The largest absolute Gasteiger partial charge is 0.507 e. The number of piperidine rings is 1. The molecule has 1 aromatic carbocycles. The Labute approximate surface area is 169 Å². The van der Waals surface area contributed by atoms with Crippen LogP contribution in [0.5, 0.6) is 5.75 Å². The summed E-state index contributed by atoms with van der Waals surface area (Å²) in [6, 6.07) is 6.55. The molecular weight excluding hydrogens is 381 g/mol. The third kappa shape index (κ3) is 4.80. The lowest BCUT2D eigenvalue weighted by Crippen LogP contribution is -2.62. The molecule has 8 heteroatoms. The highest BCUT2D eigenvalue weighted by Gasteiger charge is 2.39. The van der Waals surface area contributed by atoms with Gasteiger partial charge in [0.05, 0.1) is 11.3 Å². The van der Waals surface area contributed by atoms with E-state index >= 15 is 0 Å². The number of aromatic hydroxyl groups is 1. The van der Waals surface area contributed by atoms with Crippen LogP contribution in [0.4, 0.5) is 19.0 Å². The third-order valence-electron chi connectivity index (χ3n) is 5.33. The van der Waals surface area contributed by atoms with E-state index in [0.717, 1.165) is 18.9 Å². The molecule has 1 fully saturated rings. The molecule has 0 radical (unpaired) electrons. The zero-order valence-corrected chi connectivity index (χ0v) is 17.3. The normalized spacial score (nSPS) is 19.2. The van der Waals surface area contributed by atoms with Gasteiger partial charge in [-0.25, -0.2) is 0 Å². The van der Waals surface area contributed by atoms with Crippen molar-refractivity contribution in [2.24, 2.45) is 0 Å². The summed E-state index contributed by atoms with van der Waals surface area (Å²) < 4.78 is 38.3. The van der Waals surface area contributed by atoms with Crippen LogP contribution in [0.15, 0.2) is 30.3 Å². The Morgan fingerprint density at radius 1 is 1.03 bits per heavy atom. The fraction of sp³-hybridized carbons (Fsp3) is 0.524. The second-order valence-electron chi connectivity index (χ2n) is 9.07. The number of hydrogen-bond acceptors (Lipinski definition) is 5. The molecule has 0 unspecified atom stereocenters. The number of alkyl halides is 3. The Morgan fingerprint density at radius 2 is 1.66 bits per heavy atom. The zero-order chi connectivity index (χ0) is 21.6. The van der Waals surface area contributed by atoms with E-state index in [1.54, 1.807) is 12.1 Å². The quantitative estimate of drug-likeness (QED) is 0.777. The van der Waals surface area contributed by atoms with E-state index < -0.39 is 17.5 Å². The lowest BCUT2D eigenvalue weighted by molar-refractivity contribution is -0.137. The summed E-state index contributed by atoms with van der Waals surface area (Å²) in [5, 5.41) is 22.1. The first-order valence-corrected chi connectivity index (χ1v) is 9.54. The second kappa shape index (κ2) is 7.16. The third-order valence-corrected chi connectivity index (χ3v) is 5.33. The van der Waals surface area contributed by atoms with Gasteiger partial charge in [-0.1, -0.05) is 0 Å². The maximum absolute atomic E-state index is 12.8. The molecule has 0 saturated carbocycles. The number of nitrogens with one attached hydrogen (secondary N) is 1. The summed E-state index contributed by atoms with van der Waals surface area (Å²) in [6.07, 6.45) is -2.63. The van der Waals surface area contributed by atoms with E-state index in [1.165, 1.54) is 6.07 Å².